The van der Waals surface area contributed by atoms with Gasteiger partial charge in [-0.15, -0.1) is 0 Å². The second-order valence-electron chi connectivity index (χ2n) is 5.79. The lowest BCUT2D eigenvalue weighted by Gasteiger charge is -2.50. The Hall–Kier alpha value is -0.650. The zero-order valence-electron chi connectivity index (χ0n) is 11.1. The topological polar surface area (TPSA) is 70.0 Å². The Bertz CT molecular complexity index is 282. The minimum absolute atomic E-state index is 0.189. The van der Waals surface area contributed by atoms with E-state index in [1.54, 1.807) is 0 Å². The van der Waals surface area contributed by atoms with Gasteiger partial charge in [0.25, 0.3) is 0 Å². The van der Waals surface area contributed by atoms with Gasteiger partial charge in [0.15, 0.2) is 0 Å². The molecule has 0 spiro atoms. The lowest BCUT2D eigenvalue weighted by molar-refractivity contribution is -0.172. The SMILES string of the molecule is CC(C)C(C)(O)CN1CC(C)(OCC(=O)O)C1. The molecule has 0 aromatic rings. The van der Waals surface area contributed by atoms with Crippen molar-refractivity contribution in [1.29, 1.82) is 0 Å². The average Bonchev–Trinajstić information content (AvgIpc) is 2.11. The largest absolute Gasteiger partial charge is 0.480 e. The maximum atomic E-state index is 10.4. The maximum Gasteiger partial charge on any atom is 0.329 e. The van der Waals surface area contributed by atoms with Gasteiger partial charge in [-0.3, -0.25) is 4.90 Å². The molecule has 5 heteroatoms. The van der Waals surface area contributed by atoms with E-state index in [4.69, 9.17) is 9.84 Å². The van der Waals surface area contributed by atoms with Crippen molar-refractivity contribution in [3.63, 3.8) is 0 Å². The van der Waals surface area contributed by atoms with E-state index in [1.807, 2.05) is 27.7 Å². The molecule has 1 rings (SSSR count). The molecule has 1 heterocycles. The van der Waals surface area contributed by atoms with E-state index in [0.717, 1.165) is 0 Å². The van der Waals surface area contributed by atoms with Crippen LogP contribution in [0.15, 0.2) is 0 Å². The Morgan fingerprint density at radius 3 is 2.47 bits per heavy atom. The number of carboxylic acid groups (broad SMARTS) is 1. The number of carbonyl (C=O) groups is 1. The molecule has 1 atom stereocenters. The molecule has 17 heavy (non-hydrogen) atoms. The van der Waals surface area contributed by atoms with Crippen LogP contribution in [0.5, 0.6) is 0 Å². The first-order valence-electron chi connectivity index (χ1n) is 5.95. The number of nitrogens with zero attached hydrogens (tertiary/aromatic N) is 1. The molecule has 2 N–H and O–H groups in total. The standard InChI is InChI=1S/C12H23NO4/c1-9(2)12(4,16)8-13-6-11(3,7-13)17-5-10(14)15/h9,16H,5-8H2,1-4H3,(H,14,15). The van der Waals surface area contributed by atoms with Crippen LogP contribution in [0.4, 0.5) is 0 Å². The number of likely N-dealkylation sites (tertiary alicyclic amines) is 1. The number of rotatable bonds is 6. The van der Waals surface area contributed by atoms with Crippen LogP contribution < -0.4 is 0 Å². The molecule has 1 unspecified atom stereocenters. The summed E-state index contributed by atoms with van der Waals surface area (Å²) in [5.41, 5.74) is -1.10. The summed E-state index contributed by atoms with van der Waals surface area (Å²) in [5, 5.41) is 18.7. The number of carboxylic acids is 1. The number of aliphatic hydroxyl groups is 1. The van der Waals surface area contributed by atoms with Gasteiger partial charge in [-0.2, -0.15) is 0 Å². The molecule has 1 aliphatic rings. The van der Waals surface area contributed by atoms with Crippen molar-refractivity contribution in [3.8, 4) is 0 Å². The first-order chi connectivity index (χ1) is 7.65. The summed E-state index contributed by atoms with van der Waals surface area (Å²) in [7, 11) is 0. The molecule has 1 aliphatic heterocycles. The van der Waals surface area contributed by atoms with Crippen molar-refractivity contribution in [1.82, 2.24) is 4.90 Å². The van der Waals surface area contributed by atoms with E-state index >= 15 is 0 Å². The fourth-order valence-electron chi connectivity index (χ4n) is 1.97. The Morgan fingerprint density at radius 2 is 2.06 bits per heavy atom. The van der Waals surface area contributed by atoms with Gasteiger partial charge in [-0.05, 0) is 19.8 Å². The van der Waals surface area contributed by atoms with Crippen LogP contribution in [-0.4, -0.2) is 58.5 Å². The van der Waals surface area contributed by atoms with Gasteiger partial charge in [0, 0.05) is 19.6 Å². The highest BCUT2D eigenvalue weighted by atomic mass is 16.5. The van der Waals surface area contributed by atoms with Crippen molar-refractivity contribution in [3.05, 3.63) is 0 Å². The molecular formula is C12H23NO4. The van der Waals surface area contributed by atoms with Gasteiger partial charge in [0.1, 0.15) is 6.61 Å². The minimum atomic E-state index is -0.946. The number of hydrogen-bond donors (Lipinski definition) is 2. The lowest BCUT2D eigenvalue weighted by Crippen LogP contribution is -2.64. The zero-order chi connectivity index (χ0) is 13.3. The van der Waals surface area contributed by atoms with Crippen LogP contribution in [0.25, 0.3) is 0 Å². The van der Waals surface area contributed by atoms with E-state index in [0.29, 0.717) is 19.6 Å². The third-order valence-corrected chi connectivity index (χ3v) is 3.45. The molecule has 1 saturated heterocycles. The predicted octanol–water partition coefficient (Wildman–Crippen LogP) is 0.569. The summed E-state index contributed by atoms with van der Waals surface area (Å²) in [6.07, 6.45) is 0. The third kappa shape index (κ3) is 3.94. The molecule has 0 bridgehead atoms. The van der Waals surface area contributed by atoms with Gasteiger partial charge >= 0.3 is 5.97 Å². The van der Waals surface area contributed by atoms with Gasteiger partial charge in [0.2, 0.25) is 0 Å². The van der Waals surface area contributed by atoms with E-state index in [1.165, 1.54) is 0 Å². The van der Waals surface area contributed by atoms with Gasteiger partial charge in [-0.25, -0.2) is 4.79 Å². The van der Waals surface area contributed by atoms with E-state index in [-0.39, 0.29) is 18.1 Å². The molecule has 0 amide bonds. The highest BCUT2D eigenvalue weighted by molar-refractivity contribution is 5.68. The number of ether oxygens (including phenoxy) is 1. The fourth-order valence-corrected chi connectivity index (χ4v) is 1.97. The second-order valence-corrected chi connectivity index (χ2v) is 5.79. The predicted molar refractivity (Wildman–Crippen MR) is 63.9 cm³/mol. The van der Waals surface area contributed by atoms with Crippen LogP contribution in [0, 0.1) is 5.92 Å². The molecule has 0 aromatic carbocycles. The molecule has 0 saturated carbocycles. The van der Waals surface area contributed by atoms with Gasteiger partial charge in [-0.1, -0.05) is 13.8 Å². The zero-order valence-corrected chi connectivity index (χ0v) is 11.1. The summed E-state index contributed by atoms with van der Waals surface area (Å²) >= 11 is 0. The van der Waals surface area contributed by atoms with E-state index < -0.39 is 11.6 Å². The third-order valence-electron chi connectivity index (χ3n) is 3.45. The quantitative estimate of drug-likeness (QED) is 0.716. The van der Waals surface area contributed by atoms with Crippen molar-refractivity contribution < 1.29 is 19.7 Å². The summed E-state index contributed by atoms with van der Waals surface area (Å²) in [4.78, 5) is 12.5. The van der Waals surface area contributed by atoms with Crippen LogP contribution in [0.3, 0.4) is 0 Å². The Kier molecular flexibility index (Phi) is 4.17. The fraction of sp³-hybridized carbons (Fsp3) is 0.917. The van der Waals surface area contributed by atoms with Crippen molar-refractivity contribution in [2.24, 2.45) is 5.92 Å². The molecule has 100 valence electrons. The van der Waals surface area contributed by atoms with Crippen LogP contribution in [0.2, 0.25) is 0 Å². The van der Waals surface area contributed by atoms with Crippen LogP contribution >= 0.6 is 0 Å². The highest BCUT2D eigenvalue weighted by Gasteiger charge is 2.43. The molecule has 1 fully saturated rings. The second kappa shape index (κ2) is 4.92. The smallest absolute Gasteiger partial charge is 0.329 e. The molecule has 0 aromatic heterocycles. The molecule has 0 radical (unpaired) electrons. The minimum Gasteiger partial charge on any atom is -0.480 e. The van der Waals surface area contributed by atoms with Crippen molar-refractivity contribution in [2.75, 3.05) is 26.2 Å². The first-order valence-corrected chi connectivity index (χ1v) is 5.95. The number of aliphatic carboxylic acids is 1. The first kappa shape index (κ1) is 14.4. The van der Waals surface area contributed by atoms with Crippen molar-refractivity contribution >= 4 is 5.97 Å². The summed E-state index contributed by atoms with van der Waals surface area (Å²) in [6, 6.07) is 0. The van der Waals surface area contributed by atoms with Crippen molar-refractivity contribution in [2.45, 2.75) is 38.9 Å². The van der Waals surface area contributed by atoms with E-state index in [2.05, 4.69) is 4.90 Å². The maximum absolute atomic E-state index is 10.4. The summed E-state index contributed by atoms with van der Waals surface area (Å²) in [6.45, 7) is 9.37. The normalized spacial score (nSPS) is 23.2. The number of β-amino-alcohol motifs (C(OH)–C–C–N with tert-alkyl or cyclic N) is 1. The Labute approximate surface area is 102 Å². The molecule has 0 aliphatic carbocycles. The Morgan fingerprint density at radius 1 is 1.53 bits per heavy atom. The van der Waals surface area contributed by atoms with E-state index in [9.17, 15) is 9.90 Å². The van der Waals surface area contributed by atoms with Crippen LogP contribution in [-0.2, 0) is 9.53 Å². The highest BCUT2D eigenvalue weighted by Crippen LogP contribution is 2.28. The van der Waals surface area contributed by atoms with Crippen LogP contribution in [0.1, 0.15) is 27.7 Å². The Balaban J connectivity index is 2.33. The van der Waals surface area contributed by atoms with Gasteiger partial charge < -0.3 is 14.9 Å². The summed E-state index contributed by atoms with van der Waals surface area (Å²) in [5.74, 6) is -0.756. The number of hydrogen-bond acceptors (Lipinski definition) is 4. The van der Waals surface area contributed by atoms with Gasteiger partial charge in [0.05, 0.1) is 11.2 Å². The molecule has 5 nitrogen and oxygen atoms in total. The monoisotopic (exact) mass is 245 g/mol. The average molecular weight is 245 g/mol. The lowest BCUT2D eigenvalue weighted by atomic mass is 9.88. The molecular weight excluding hydrogens is 222 g/mol. The summed E-state index contributed by atoms with van der Waals surface area (Å²) < 4.78 is 5.31.